The molecule has 2 heterocycles. The Kier molecular flexibility index (Phi) is 7.66. The fourth-order valence-electron chi connectivity index (χ4n) is 3.46. The van der Waals surface area contributed by atoms with Gasteiger partial charge in [0.25, 0.3) is 0 Å². The lowest BCUT2D eigenvalue weighted by molar-refractivity contribution is -0.119. The van der Waals surface area contributed by atoms with E-state index in [1.165, 1.54) is 17.3 Å². The number of nitrogens with zero attached hydrogens (tertiary/aromatic N) is 4. The largest absolute Gasteiger partial charge is 0.376 e. The van der Waals surface area contributed by atoms with E-state index in [1.807, 2.05) is 0 Å². The molecule has 1 saturated heterocycles. The maximum atomic E-state index is 12.6. The van der Waals surface area contributed by atoms with Crippen LogP contribution < -0.4 is 5.32 Å². The van der Waals surface area contributed by atoms with Gasteiger partial charge in [-0.3, -0.25) is 4.79 Å². The van der Waals surface area contributed by atoms with Crippen molar-refractivity contribution < 1.29 is 9.53 Å². The van der Waals surface area contributed by atoms with Crippen LogP contribution in [0.15, 0.2) is 29.4 Å². The van der Waals surface area contributed by atoms with E-state index in [0.717, 1.165) is 25.0 Å². The molecule has 1 aliphatic rings. The standard InChI is InChI=1S/C21H31N5O2S/c1-14(2)16-7-9-17(10-8-16)20(15(3)4)22-19(27)13-29-21-23-24-25-26(21)12-18-6-5-11-28-18/h7-10,14-15,18,20H,5-6,11-13H2,1-4H3,(H,22,27). The lowest BCUT2D eigenvalue weighted by atomic mass is 9.93. The number of carbonyl (C=O) groups is 1. The Labute approximate surface area is 177 Å². The van der Waals surface area contributed by atoms with E-state index < -0.39 is 0 Å². The van der Waals surface area contributed by atoms with Gasteiger partial charge in [0.2, 0.25) is 11.1 Å². The number of benzene rings is 1. The van der Waals surface area contributed by atoms with E-state index in [-0.39, 0.29) is 23.8 Å². The van der Waals surface area contributed by atoms with Crippen LogP contribution >= 0.6 is 11.8 Å². The second-order valence-electron chi connectivity index (χ2n) is 8.18. The Morgan fingerprint density at radius 3 is 2.59 bits per heavy atom. The highest BCUT2D eigenvalue weighted by atomic mass is 32.2. The van der Waals surface area contributed by atoms with Crippen LogP contribution in [0, 0.1) is 5.92 Å². The Hall–Kier alpha value is -1.93. The van der Waals surface area contributed by atoms with E-state index in [1.54, 1.807) is 4.68 Å². The summed E-state index contributed by atoms with van der Waals surface area (Å²) in [5, 5.41) is 15.7. The molecular weight excluding hydrogens is 386 g/mol. The number of tetrazole rings is 1. The van der Waals surface area contributed by atoms with Gasteiger partial charge in [0, 0.05) is 6.61 Å². The molecule has 1 amide bonds. The predicted octanol–water partition coefficient (Wildman–Crippen LogP) is 3.58. The summed E-state index contributed by atoms with van der Waals surface area (Å²) < 4.78 is 7.39. The monoisotopic (exact) mass is 417 g/mol. The van der Waals surface area contributed by atoms with Crippen molar-refractivity contribution >= 4 is 17.7 Å². The minimum Gasteiger partial charge on any atom is -0.376 e. The first kappa shape index (κ1) is 21.8. The highest BCUT2D eigenvalue weighted by molar-refractivity contribution is 7.99. The van der Waals surface area contributed by atoms with Crippen molar-refractivity contribution in [1.82, 2.24) is 25.5 Å². The average Bonchev–Trinajstić information content (AvgIpc) is 3.37. The van der Waals surface area contributed by atoms with Gasteiger partial charge < -0.3 is 10.1 Å². The van der Waals surface area contributed by atoms with Crippen LogP contribution in [0.25, 0.3) is 0 Å². The number of thioether (sulfide) groups is 1. The molecule has 8 heteroatoms. The molecule has 0 bridgehead atoms. The zero-order valence-electron chi connectivity index (χ0n) is 17.7. The molecule has 1 aromatic carbocycles. The van der Waals surface area contributed by atoms with Gasteiger partial charge in [-0.15, -0.1) is 5.10 Å². The van der Waals surface area contributed by atoms with E-state index in [9.17, 15) is 4.79 Å². The quantitative estimate of drug-likeness (QED) is 0.628. The summed E-state index contributed by atoms with van der Waals surface area (Å²) >= 11 is 1.36. The van der Waals surface area contributed by atoms with E-state index in [2.05, 4.69) is 72.8 Å². The summed E-state index contributed by atoms with van der Waals surface area (Å²) in [4.78, 5) is 12.6. The third-order valence-corrected chi connectivity index (χ3v) is 6.13. The topological polar surface area (TPSA) is 81.9 Å². The van der Waals surface area contributed by atoms with Crippen LogP contribution in [0.3, 0.4) is 0 Å². The molecule has 2 unspecified atom stereocenters. The number of hydrogen-bond donors (Lipinski definition) is 1. The van der Waals surface area contributed by atoms with Crippen LogP contribution in [-0.2, 0) is 16.1 Å². The van der Waals surface area contributed by atoms with E-state index in [0.29, 0.717) is 23.5 Å². The van der Waals surface area contributed by atoms with Gasteiger partial charge in [-0.05, 0) is 46.2 Å². The van der Waals surface area contributed by atoms with Gasteiger partial charge in [-0.1, -0.05) is 63.7 Å². The molecule has 0 saturated carbocycles. The predicted molar refractivity (Wildman–Crippen MR) is 114 cm³/mol. The van der Waals surface area contributed by atoms with Gasteiger partial charge in [0.05, 0.1) is 24.4 Å². The van der Waals surface area contributed by atoms with Crippen LogP contribution in [-0.4, -0.2) is 44.6 Å². The second kappa shape index (κ2) is 10.2. The molecule has 0 radical (unpaired) electrons. The molecule has 1 N–H and O–H groups in total. The van der Waals surface area contributed by atoms with Crippen molar-refractivity contribution in [3.8, 4) is 0 Å². The van der Waals surface area contributed by atoms with Crippen LogP contribution in [0.4, 0.5) is 0 Å². The van der Waals surface area contributed by atoms with Crippen molar-refractivity contribution in [3.05, 3.63) is 35.4 Å². The number of aromatic nitrogens is 4. The Morgan fingerprint density at radius 2 is 1.97 bits per heavy atom. The highest BCUT2D eigenvalue weighted by Gasteiger charge is 2.21. The van der Waals surface area contributed by atoms with Gasteiger partial charge in [0.1, 0.15) is 0 Å². The normalized spacial score (nSPS) is 17.8. The third kappa shape index (κ3) is 6.02. The molecule has 158 valence electrons. The molecule has 7 nitrogen and oxygen atoms in total. The van der Waals surface area contributed by atoms with Crippen molar-refractivity contribution in [2.75, 3.05) is 12.4 Å². The number of nitrogens with one attached hydrogen (secondary N) is 1. The highest BCUT2D eigenvalue weighted by Crippen LogP contribution is 2.25. The van der Waals surface area contributed by atoms with Crippen molar-refractivity contribution in [1.29, 1.82) is 0 Å². The molecule has 2 aromatic rings. The second-order valence-corrected chi connectivity index (χ2v) is 9.12. The molecule has 29 heavy (non-hydrogen) atoms. The van der Waals surface area contributed by atoms with Crippen LogP contribution in [0.1, 0.15) is 63.6 Å². The smallest absolute Gasteiger partial charge is 0.230 e. The molecule has 0 aliphatic carbocycles. The Balaban J connectivity index is 1.56. The molecular formula is C21H31N5O2S. The van der Waals surface area contributed by atoms with Gasteiger partial charge in [-0.25, -0.2) is 4.68 Å². The Bertz CT molecular complexity index is 785. The molecule has 1 aromatic heterocycles. The fraction of sp³-hybridized carbons (Fsp3) is 0.619. The van der Waals surface area contributed by atoms with E-state index >= 15 is 0 Å². The van der Waals surface area contributed by atoms with Crippen molar-refractivity contribution in [3.63, 3.8) is 0 Å². The van der Waals surface area contributed by atoms with Crippen molar-refractivity contribution in [2.24, 2.45) is 5.92 Å². The summed E-state index contributed by atoms with van der Waals surface area (Å²) in [5.41, 5.74) is 2.43. The minimum absolute atomic E-state index is 0.0201. The van der Waals surface area contributed by atoms with Gasteiger partial charge >= 0.3 is 0 Å². The maximum Gasteiger partial charge on any atom is 0.230 e. The van der Waals surface area contributed by atoms with Crippen molar-refractivity contribution in [2.45, 2.75) is 70.3 Å². The first-order valence-corrected chi connectivity index (χ1v) is 11.3. The minimum atomic E-state index is -0.0211. The summed E-state index contributed by atoms with van der Waals surface area (Å²) in [6.45, 7) is 10.0. The van der Waals surface area contributed by atoms with Crippen LogP contribution in [0.5, 0.6) is 0 Å². The summed E-state index contributed by atoms with van der Waals surface area (Å²) in [7, 11) is 0. The number of rotatable bonds is 9. The number of amides is 1. The SMILES string of the molecule is CC(C)c1ccc(C(NC(=O)CSc2nnnn2CC2CCCO2)C(C)C)cc1. The summed E-state index contributed by atoms with van der Waals surface area (Å²) in [6, 6.07) is 8.52. The lowest BCUT2D eigenvalue weighted by Gasteiger charge is -2.23. The fourth-order valence-corrected chi connectivity index (χ4v) is 4.16. The summed E-state index contributed by atoms with van der Waals surface area (Å²) in [5.74, 6) is 1.04. The molecule has 0 spiro atoms. The third-order valence-electron chi connectivity index (χ3n) is 5.18. The maximum absolute atomic E-state index is 12.6. The molecule has 2 atom stereocenters. The zero-order valence-corrected chi connectivity index (χ0v) is 18.5. The molecule has 1 fully saturated rings. The number of carbonyl (C=O) groups excluding carboxylic acids is 1. The number of hydrogen-bond acceptors (Lipinski definition) is 6. The first-order chi connectivity index (χ1) is 13.9. The van der Waals surface area contributed by atoms with Gasteiger partial charge in [0.15, 0.2) is 0 Å². The first-order valence-electron chi connectivity index (χ1n) is 10.3. The average molecular weight is 418 g/mol. The summed E-state index contributed by atoms with van der Waals surface area (Å²) in [6.07, 6.45) is 2.26. The lowest BCUT2D eigenvalue weighted by Crippen LogP contribution is -2.33. The number of ether oxygens (including phenoxy) is 1. The molecule has 1 aliphatic heterocycles. The van der Waals surface area contributed by atoms with Crippen LogP contribution in [0.2, 0.25) is 0 Å². The zero-order chi connectivity index (χ0) is 20.8. The Morgan fingerprint density at radius 1 is 1.24 bits per heavy atom. The molecule has 3 rings (SSSR count). The van der Waals surface area contributed by atoms with Gasteiger partial charge in [-0.2, -0.15) is 0 Å². The van der Waals surface area contributed by atoms with E-state index in [4.69, 9.17) is 4.74 Å².